The summed E-state index contributed by atoms with van der Waals surface area (Å²) in [4.78, 5) is 34.2. The Morgan fingerprint density at radius 2 is 2.12 bits per heavy atom. The van der Waals surface area contributed by atoms with Crippen LogP contribution in [0.2, 0.25) is 0 Å². The van der Waals surface area contributed by atoms with Gasteiger partial charge in [0, 0.05) is 12.5 Å². The monoisotopic (exact) mass is 241 g/mol. The zero-order chi connectivity index (χ0) is 13.0. The van der Waals surface area contributed by atoms with Gasteiger partial charge >= 0.3 is 11.9 Å². The van der Waals surface area contributed by atoms with Gasteiger partial charge in [-0.25, -0.2) is 4.79 Å². The Balaban J connectivity index is 2.46. The van der Waals surface area contributed by atoms with E-state index < -0.39 is 29.7 Å². The molecule has 1 saturated heterocycles. The third-order valence-corrected chi connectivity index (χ3v) is 3.04. The Morgan fingerprint density at radius 3 is 2.47 bits per heavy atom. The summed E-state index contributed by atoms with van der Waals surface area (Å²) >= 11 is 0. The average Bonchev–Trinajstić information content (AvgIpc) is 2.34. The summed E-state index contributed by atoms with van der Waals surface area (Å²) < 4.78 is 4.78. The summed E-state index contributed by atoms with van der Waals surface area (Å²) in [5, 5.41) is 19.2. The Hall–Kier alpha value is -1.89. The van der Waals surface area contributed by atoms with Crippen LogP contribution in [-0.4, -0.2) is 44.8 Å². The molecule has 0 bridgehead atoms. The van der Waals surface area contributed by atoms with E-state index in [-0.39, 0.29) is 17.7 Å². The van der Waals surface area contributed by atoms with Crippen LogP contribution in [-0.2, 0) is 19.1 Å². The highest BCUT2D eigenvalue weighted by atomic mass is 16.7. The van der Waals surface area contributed by atoms with Crippen molar-refractivity contribution in [1.82, 2.24) is 4.90 Å². The lowest BCUT2D eigenvalue weighted by Crippen LogP contribution is -2.60. The number of carboxylic acids is 1. The number of rotatable bonds is 2. The van der Waals surface area contributed by atoms with Crippen LogP contribution in [0.15, 0.2) is 11.3 Å². The van der Waals surface area contributed by atoms with E-state index in [9.17, 15) is 19.5 Å². The van der Waals surface area contributed by atoms with Crippen molar-refractivity contribution in [2.75, 3.05) is 0 Å². The third-order valence-electron chi connectivity index (χ3n) is 3.04. The van der Waals surface area contributed by atoms with Gasteiger partial charge in [-0.1, -0.05) is 0 Å². The molecule has 1 fully saturated rings. The fourth-order valence-electron chi connectivity index (χ4n) is 2.24. The number of amides is 1. The maximum atomic E-state index is 11.3. The molecule has 0 aromatic rings. The van der Waals surface area contributed by atoms with E-state index in [2.05, 4.69) is 0 Å². The first kappa shape index (κ1) is 11.6. The molecule has 2 N–H and O–H groups in total. The van der Waals surface area contributed by atoms with Gasteiger partial charge in [0.1, 0.15) is 11.7 Å². The van der Waals surface area contributed by atoms with Gasteiger partial charge < -0.3 is 14.9 Å². The van der Waals surface area contributed by atoms with E-state index in [1.165, 1.54) is 6.92 Å². The zero-order valence-corrected chi connectivity index (χ0v) is 9.26. The lowest BCUT2D eigenvalue weighted by molar-refractivity contribution is -0.216. The topological polar surface area (TPSA) is 104 Å². The summed E-state index contributed by atoms with van der Waals surface area (Å²) in [5.74, 6) is -4.50. The van der Waals surface area contributed by atoms with E-state index in [1.807, 2.05) is 0 Å². The van der Waals surface area contributed by atoms with Crippen LogP contribution < -0.4 is 0 Å². The smallest absolute Gasteiger partial charge is 0.352 e. The van der Waals surface area contributed by atoms with Gasteiger partial charge in [-0.2, -0.15) is 0 Å². The maximum absolute atomic E-state index is 11.3. The SMILES string of the molecule is CC(=O)OC1(O)C(C)=C(C(=O)O)N2C(=O)C[C@H]21. The molecule has 7 nitrogen and oxygen atoms in total. The molecule has 1 amide bonds. The van der Waals surface area contributed by atoms with Crippen LogP contribution in [0.3, 0.4) is 0 Å². The van der Waals surface area contributed by atoms with Crippen molar-refractivity contribution in [2.45, 2.75) is 32.1 Å². The second-order valence-corrected chi connectivity index (χ2v) is 4.05. The highest BCUT2D eigenvalue weighted by Crippen LogP contribution is 2.45. The molecule has 0 aromatic heterocycles. The van der Waals surface area contributed by atoms with Crippen LogP contribution in [0.25, 0.3) is 0 Å². The highest BCUT2D eigenvalue weighted by molar-refractivity contribution is 5.99. The summed E-state index contributed by atoms with van der Waals surface area (Å²) in [6.45, 7) is 2.44. The third kappa shape index (κ3) is 1.35. The van der Waals surface area contributed by atoms with E-state index in [0.717, 1.165) is 11.8 Å². The molecule has 2 atom stereocenters. The van der Waals surface area contributed by atoms with Gasteiger partial charge in [-0.15, -0.1) is 0 Å². The number of ether oxygens (including phenoxy) is 1. The average molecular weight is 241 g/mol. The minimum absolute atomic E-state index is 0.0314. The van der Waals surface area contributed by atoms with Gasteiger partial charge in [0.05, 0.1) is 6.42 Å². The van der Waals surface area contributed by atoms with Crippen LogP contribution in [0, 0.1) is 0 Å². The Bertz CT molecular complexity index is 467. The number of carbonyl (C=O) groups is 3. The molecule has 0 saturated carbocycles. The number of carboxylic acid groups (broad SMARTS) is 1. The lowest BCUT2D eigenvalue weighted by atomic mass is 9.94. The number of esters is 1. The first-order valence-corrected chi connectivity index (χ1v) is 4.97. The Kier molecular flexibility index (Phi) is 2.25. The molecule has 17 heavy (non-hydrogen) atoms. The number of hydrogen-bond donors (Lipinski definition) is 2. The summed E-state index contributed by atoms with van der Waals surface area (Å²) in [6, 6.07) is -0.829. The van der Waals surface area contributed by atoms with Crippen LogP contribution in [0.5, 0.6) is 0 Å². The van der Waals surface area contributed by atoms with Gasteiger partial charge in [0.15, 0.2) is 0 Å². The van der Waals surface area contributed by atoms with Crippen LogP contribution in [0.4, 0.5) is 0 Å². The Morgan fingerprint density at radius 1 is 1.53 bits per heavy atom. The molecule has 2 heterocycles. The molecule has 0 radical (unpaired) electrons. The number of aliphatic carboxylic acids is 1. The molecule has 0 aliphatic carbocycles. The minimum atomic E-state index is -2.02. The van der Waals surface area contributed by atoms with Gasteiger partial charge in [-0.05, 0) is 6.92 Å². The fourth-order valence-corrected chi connectivity index (χ4v) is 2.24. The van der Waals surface area contributed by atoms with Crippen LogP contribution in [0.1, 0.15) is 20.3 Å². The number of aliphatic hydroxyl groups is 1. The molecule has 2 aliphatic rings. The van der Waals surface area contributed by atoms with Crippen molar-refractivity contribution in [3.63, 3.8) is 0 Å². The molecule has 1 unspecified atom stereocenters. The number of nitrogens with zero attached hydrogens (tertiary/aromatic N) is 1. The van der Waals surface area contributed by atoms with Crippen molar-refractivity contribution in [1.29, 1.82) is 0 Å². The zero-order valence-electron chi connectivity index (χ0n) is 9.26. The normalized spacial score (nSPS) is 31.1. The molecular formula is C10H11NO6. The largest absolute Gasteiger partial charge is 0.477 e. The van der Waals surface area contributed by atoms with E-state index in [0.29, 0.717) is 0 Å². The predicted octanol–water partition coefficient (Wildman–Crippen LogP) is -0.789. The summed E-state index contributed by atoms with van der Waals surface area (Å²) in [5.41, 5.74) is -0.342. The molecule has 2 rings (SSSR count). The van der Waals surface area contributed by atoms with Gasteiger partial charge in [-0.3, -0.25) is 14.5 Å². The lowest BCUT2D eigenvalue weighted by Gasteiger charge is -2.41. The molecule has 2 aliphatic heterocycles. The van der Waals surface area contributed by atoms with Gasteiger partial charge in [0.25, 0.3) is 5.79 Å². The Labute approximate surface area is 96.3 Å². The second kappa shape index (κ2) is 3.30. The molecule has 92 valence electrons. The van der Waals surface area contributed by atoms with Crippen molar-refractivity contribution in [2.24, 2.45) is 0 Å². The summed E-state index contributed by atoms with van der Waals surface area (Å²) in [6.07, 6.45) is -0.0437. The first-order chi connectivity index (χ1) is 7.79. The standard InChI is InChI=1S/C10H11NO6/c1-4-8(9(14)15)11-6(3-7(11)13)10(4,16)17-5(2)12/h6,16H,3H2,1-2H3,(H,14,15)/t6-,10?/m0/s1. The second-order valence-electron chi connectivity index (χ2n) is 4.05. The van der Waals surface area contributed by atoms with Crippen LogP contribution >= 0.6 is 0 Å². The van der Waals surface area contributed by atoms with E-state index >= 15 is 0 Å². The minimum Gasteiger partial charge on any atom is -0.477 e. The maximum Gasteiger partial charge on any atom is 0.352 e. The molecular weight excluding hydrogens is 230 g/mol. The molecule has 0 spiro atoms. The number of β-lactam (4-membered cyclic amide) rings is 1. The van der Waals surface area contributed by atoms with Crippen molar-refractivity contribution < 1.29 is 29.3 Å². The molecule has 7 heteroatoms. The van der Waals surface area contributed by atoms with E-state index in [4.69, 9.17) is 9.84 Å². The summed E-state index contributed by atoms with van der Waals surface area (Å²) in [7, 11) is 0. The highest BCUT2D eigenvalue weighted by Gasteiger charge is 2.62. The first-order valence-electron chi connectivity index (χ1n) is 4.97. The number of carbonyl (C=O) groups excluding carboxylic acids is 2. The van der Waals surface area contributed by atoms with E-state index in [1.54, 1.807) is 0 Å². The molecule has 0 aromatic carbocycles. The van der Waals surface area contributed by atoms with Crippen molar-refractivity contribution >= 4 is 17.8 Å². The number of hydrogen-bond acceptors (Lipinski definition) is 5. The van der Waals surface area contributed by atoms with Crippen molar-refractivity contribution in [3.8, 4) is 0 Å². The quantitative estimate of drug-likeness (QED) is 0.373. The van der Waals surface area contributed by atoms with Gasteiger partial charge in [0.2, 0.25) is 5.91 Å². The number of fused-ring (bicyclic) bond motifs is 1. The van der Waals surface area contributed by atoms with Crippen molar-refractivity contribution in [3.05, 3.63) is 11.3 Å². The fraction of sp³-hybridized carbons (Fsp3) is 0.500. The predicted molar refractivity (Wildman–Crippen MR) is 52.3 cm³/mol.